The molecule has 7 heteroatoms. The molecule has 2 N–H and O–H groups in total. The Balaban J connectivity index is 1.56. The second kappa shape index (κ2) is 6.85. The molecule has 0 radical (unpaired) electrons. The van der Waals surface area contributed by atoms with Gasteiger partial charge in [-0.05, 0) is 31.9 Å². The van der Waals surface area contributed by atoms with Crippen molar-refractivity contribution in [2.75, 3.05) is 0 Å². The smallest absolute Gasteiger partial charge is 0.315 e. The predicted octanol–water partition coefficient (Wildman–Crippen LogP) is 1.91. The van der Waals surface area contributed by atoms with Crippen LogP contribution in [0.3, 0.4) is 0 Å². The number of amides is 2. The van der Waals surface area contributed by atoms with Gasteiger partial charge in [-0.15, -0.1) is 0 Å². The average molecular weight is 316 g/mol. The van der Waals surface area contributed by atoms with E-state index in [1.165, 1.54) is 6.42 Å². The fourth-order valence-corrected chi connectivity index (χ4v) is 3.29. The molecule has 0 spiro atoms. The van der Waals surface area contributed by atoms with Crippen LogP contribution in [-0.2, 0) is 13.6 Å². The summed E-state index contributed by atoms with van der Waals surface area (Å²) in [7, 11) is 1.89. The monoisotopic (exact) mass is 316 g/mol. The van der Waals surface area contributed by atoms with Crippen LogP contribution in [0, 0.1) is 6.92 Å². The molecule has 23 heavy (non-hydrogen) atoms. The van der Waals surface area contributed by atoms with Crippen molar-refractivity contribution in [1.29, 1.82) is 0 Å². The van der Waals surface area contributed by atoms with Gasteiger partial charge in [0.15, 0.2) is 0 Å². The molecule has 1 fully saturated rings. The Morgan fingerprint density at radius 3 is 2.91 bits per heavy atom. The summed E-state index contributed by atoms with van der Waals surface area (Å²) in [4.78, 5) is 12.2. The van der Waals surface area contributed by atoms with Crippen molar-refractivity contribution in [2.24, 2.45) is 7.05 Å². The van der Waals surface area contributed by atoms with Crippen LogP contribution in [-0.4, -0.2) is 31.6 Å². The van der Waals surface area contributed by atoms with Crippen LogP contribution >= 0.6 is 0 Å². The fourth-order valence-electron chi connectivity index (χ4n) is 3.29. The Labute approximate surface area is 136 Å². The standard InChI is InChI=1S/C16H24N6O/c1-12-10-13(21(2)20-12)11-17-16(23)19-14-6-3-4-7-15(14)22-9-5-8-18-22/h5,8-10,14-15H,3-4,6-7,11H2,1-2H3,(H2,17,19,23)/t14-,15+/m1/s1. The molecule has 1 aliphatic rings. The number of carbonyl (C=O) groups is 1. The highest BCUT2D eigenvalue weighted by Gasteiger charge is 2.28. The Bertz CT molecular complexity index is 648. The van der Waals surface area contributed by atoms with Gasteiger partial charge in [0, 0.05) is 19.4 Å². The van der Waals surface area contributed by atoms with Crippen LogP contribution < -0.4 is 10.6 Å². The zero-order valence-corrected chi connectivity index (χ0v) is 13.7. The van der Waals surface area contributed by atoms with Crippen molar-refractivity contribution in [3.8, 4) is 0 Å². The first kappa shape index (κ1) is 15.6. The van der Waals surface area contributed by atoms with Crippen LogP contribution in [0.5, 0.6) is 0 Å². The maximum Gasteiger partial charge on any atom is 0.315 e. The molecule has 2 aromatic heterocycles. The van der Waals surface area contributed by atoms with Crippen molar-refractivity contribution in [1.82, 2.24) is 30.2 Å². The van der Waals surface area contributed by atoms with E-state index in [1.807, 2.05) is 37.0 Å². The van der Waals surface area contributed by atoms with Crippen molar-refractivity contribution < 1.29 is 4.79 Å². The van der Waals surface area contributed by atoms with Gasteiger partial charge in [-0.3, -0.25) is 9.36 Å². The molecule has 0 aromatic carbocycles. The molecular formula is C16H24N6O. The molecule has 2 heterocycles. The van der Waals surface area contributed by atoms with Crippen molar-refractivity contribution in [2.45, 2.75) is 51.2 Å². The molecule has 3 rings (SSSR count). The normalized spacial score (nSPS) is 21.1. The zero-order chi connectivity index (χ0) is 16.2. The topological polar surface area (TPSA) is 76.8 Å². The fraction of sp³-hybridized carbons (Fsp3) is 0.562. The highest BCUT2D eigenvalue weighted by Crippen LogP contribution is 2.27. The van der Waals surface area contributed by atoms with E-state index >= 15 is 0 Å². The number of nitrogens with one attached hydrogen (secondary N) is 2. The minimum absolute atomic E-state index is 0.122. The average Bonchev–Trinajstić information content (AvgIpc) is 3.15. The summed E-state index contributed by atoms with van der Waals surface area (Å²) in [6.45, 7) is 2.42. The second-order valence-electron chi connectivity index (χ2n) is 6.17. The summed E-state index contributed by atoms with van der Waals surface area (Å²) in [6.07, 6.45) is 8.12. The van der Waals surface area contributed by atoms with Gasteiger partial charge >= 0.3 is 6.03 Å². The number of rotatable bonds is 4. The Hall–Kier alpha value is -2.31. The Morgan fingerprint density at radius 2 is 2.22 bits per heavy atom. The van der Waals surface area contributed by atoms with Crippen LogP contribution in [0.25, 0.3) is 0 Å². The molecule has 0 bridgehead atoms. The molecule has 0 saturated heterocycles. The summed E-state index contributed by atoms with van der Waals surface area (Å²) >= 11 is 0. The van der Waals surface area contributed by atoms with Gasteiger partial charge in [0.2, 0.25) is 0 Å². The molecule has 124 valence electrons. The number of hydrogen-bond donors (Lipinski definition) is 2. The van der Waals surface area contributed by atoms with Gasteiger partial charge in [-0.1, -0.05) is 12.8 Å². The summed E-state index contributed by atoms with van der Waals surface area (Å²) in [5, 5.41) is 14.7. The SMILES string of the molecule is Cc1cc(CNC(=O)N[C@@H]2CCCC[C@@H]2n2cccn2)n(C)n1. The number of aromatic nitrogens is 4. The summed E-state index contributed by atoms with van der Waals surface area (Å²) in [6, 6.07) is 4.14. The second-order valence-corrected chi connectivity index (χ2v) is 6.17. The highest BCUT2D eigenvalue weighted by atomic mass is 16.2. The molecule has 2 atom stereocenters. The third kappa shape index (κ3) is 3.72. The number of aryl methyl sites for hydroxylation is 2. The van der Waals surface area contributed by atoms with Crippen LogP contribution in [0.1, 0.15) is 43.1 Å². The van der Waals surface area contributed by atoms with Gasteiger partial charge in [0.1, 0.15) is 0 Å². The third-order valence-electron chi connectivity index (χ3n) is 4.44. The van der Waals surface area contributed by atoms with Crippen molar-refractivity contribution >= 4 is 6.03 Å². The quantitative estimate of drug-likeness (QED) is 0.904. The first-order valence-corrected chi connectivity index (χ1v) is 8.16. The maximum absolute atomic E-state index is 12.2. The van der Waals surface area contributed by atoms with E-state index in [9.17, 15) is 4.79 Å². The zero-order valence-electron chi connectivity index (χ0n) is 13.7. The van der Waals surface area contributed by atoms with Crippen LogP contribution in [0.4, 0.5) is 4.79 Å². The lowest BCUT2D eigenvalue weighted by Crippen LogP contribution is -2.47. The van der Waals surface area contributed by atoms with Gasteiger partial charge in [0.25, 0.3) is 0 Å². The summed E-state index contributed by atoms with van der Waals surface area (Å²) in [5.74, 6) is 0. The van der Waals surface area contributed by atoms with Crippen molar-refractivity contribution in [3.05, 3.63) is 35.9 Å². The number of nitrogens with zero attached hydrogens (tertiary/aromatic N) is 4. The molecule has 0 unspecified atom stereocenters. The minimum Gasteiger partial charge on any atom is -0.333 e. The maximum atomic E-state index is 12.2. The molecule has 0 aliphatic heterocycles. The van der Waals surface area contributed by atoms with E-state index < -0.39 is 0 Å². The largest absolute Gasteiger partial charge is 0.333 e. The van der Waals surface area contributed by atoms with Gasteiger partial charge in [-0.2, -0.15) is 10.2 Å². The Morgan fingerprint density at radius 1 is 1.39 bits per heavy atom. The third-order valence-corrected chi connectivity index (χ3v) is 4.44. The van der Waals surface area contributed by atoms with E-state index in [0.29, 0.717) is 6.54 Å². The van der Waals surface area contributed by atoms with E-state index in [1.54, 1.807) is 10.9 Å². The molecule has 1 aliphatic carbocycles. The predicted molar refractivity (Wildman–Crippen MR) is 86.8 cm³/mol. The molecule has 2 amide bonds. The first-order chi connectivity index (χ1) is 11.1. The summed E-state index contributed by atoms with van der Waals surface area (Å²) in [5.41, 5.74) is 1.95. The van der Waals surface area contributed by atoms with E-state index in [-0.39, 0.29) is 18.1 Å². The van der Waals surface area contributed by atoms with E-state index in [0.717, 1.165) is 30.7 Å². The lowest BCUT2D eigenvalue weighted by molar-refractivity contribution is 0.213. The first-order valence-electron chi connectivity index (χ1n) is 8.16. The number of carbonyl (C=O) groups excluding carboxylic acids is 1. The number of hydrogen-bond acceptors (Lipinski definition) is 3. The Kier molecular flexibility index (Phi) is 4.64. The molecular weight excluding hydrogens is 292 g/mol. The molecule has 2 aromatic rings. The van der Waals surface area contributed by atoms with Crippen molar-refractivity contribution in [3.63, 3.8) is 0 Å². The van der Waals surface area contributed by atoms with Crippen LogP contribution in [0.15, 0.2) is 24.5 Å². The lowest BCUT2D eigenvalue weighted by atomic mass is 9.90. The van der Waals surface area contributed by atoms with Crippen LogP contribution in [0.2, 0.25) is 0 Å². The van der Waals surface area contributed by atoms with E-state index in [2.05, 4.69) is 20.8 Å². The molecule has 7 nitrogen and oxygen atoms in total. The van der Waals surface area contributed by atoms with Gasteiger partial charge < -0.3 is 10.6 Å². The van der Waals surface area contributed by atoms with Gasteiger partial charge in [0.05, 0.1) is 30.0 Å². The minimum atomic E-state index is -0.132. The molecule has 1 saturated carbocycles. The van der Waals surface area contributed by atoms with E-state index in [4.69, 9.17) is 0 Å². The number of urea groups is 1. The highest BCUT2D eigenvalue weighted by molar-refractivity contribution is 5.74. The van der Waals surface area contributed by atoms with Gasteiger partial charge in [-0.25, -0.2) is 4.79 Å². The summed E-state index contributed by atoms with van der Waals surface area (Å²) < 4.78 is 3.76. The lowest BCUT2D eigenvalue weighted by Gasteiger charge is -2.32.